The van der Waals surface area contributed by atoms with Crippen LogP contribution in [0.5, 0.6) is 0 Å². The highest BCUT2D eigenvalue weighted by Gasteiger charge is 2.34. The molecule has 0 saturated carbocycles. The molecule has 3 aromatic rings. The van der Waals surface area contributed by atoms with E-state index in [1.165, 1.54) is 0 Å². The fourth-order valence-corrected chi connectivity index (χ4v) is 3.96. The van der Waals surface area contributed by atoms with Gasteiger partial charge in [0, 0.05) is 44.1 Å². The number of rotatable bonds is 10. The van der Waals surface area contributed by atoms with Crippen LogP contribution in [0.3, 0.4) is 0 Å². The topological polar surface area (TPSA) is 61.4 Å². The predicted octanol–water partition coefficient (Wildman–Crippen LogP) is 4.72. The molecule has 1 N–H and O–H groups in total. The number of amides is 1. The summed E-state index contributed by atoms with van der Waals surface area (Å²) in [6.07, 6.45) is -4.58. The lowest BCUT2D eigenvalue weighted by atomic mass is 10.1. The molecule has 0 atom stereocenters. The van der Waals surface area contributed by atoms with Crippen molar-refractivity contribution < 1.29 is 18.0 Å². The molecule has 0 aliphatic rings. The Hall–Kier alpha value is -3.11. The van der Waals surface area contributed by atoms with Gasteiger partial charge in [0.25, 0.3) is 5.91 Å². The highest BCUT2D eigenvalue weighted by Crippen LogP contribution is 2.32. The molecule has 0 spiro atoms. The van der Waals surface area contributed by atoms with Crippen LogP contribution < -0.4 is 10.2 Å². The van der Waals surface area contributed by atoms with E-state index in [4.69, 9.17) is 0 Å². The lowest BCUT2D eigenvalue weighted by Crippen LogP contribution is -2.31. The second-order valence-corrected chi connectivity index (χ2v) is 9.22. The molecule has 0 aliphatic heterocycles. The van der Waals surface area contributed by atoms with Gasteiger partial charge in [0.05, 0.1) is 0 Å². The number of thioether (sulfide) groups is 1. The Bertz CT molecular complexity index is 1110. The van der Waals surface area contributed by atoms with Crippen LogP contribution in [0.2, 0.25) is 0 Å². The monoisotopic (exact) mass is 503 g/mol. The number of hydrogen-bond acceptors (Lipinski definition) is 6. The molecule has 1 heterocycles. The molecule has 0 unspecified atom stereocenters. The maximum atomic E-state index is 13.5. The van der Waals surface area contributed by atoms with Crippen molar-refractivity contribution in [2.75, 3.05) is 39.1 Å². The molecule has 6 nitrogen and oxygen atoms in total. The van der Waals surface area contributed by atoms with Gasteiger partial charge >= 0.3 is 6.18 Å². The van der Waals surface area contributed by atoms with Gasteiger partial charge in [-0.3, -0.25) is 4.79 Å². The zero-order chi connectivity index (χ0) is 25.4. The smallest absolute Gasteiger partial charge is 0.355 e. The van der Waals surface area contributed by atoms with E-state index in [0.717, 1.165) is 35.5 Å². The van der Waals surface area contributed by atoms with E-state index < -0.39 is 11.9 Å². The van der Waals surface area contributed by atoms with Gasteiger partial charge in [-0.1, -0.05) is 54.2 Å². The number of nitrogens with one attached hydrogen (secondary N) is 1. The van der Waals surface area contributed by atoms with E-state index >= 15 is 0 Å². The third-order valence-electron chi connectivity index (χ3n) is 5.06. The summed E-state index contributed by atoms with van der Waals surface area (Å²) in [5, 5.41) is 2.89. The molecule has 1 aromatic heterocycles. The minimum absolute atomic E-state index is 0.0419. The highest BCUT2D eigenvalue weighted by molar-refractivity contribution is 7.98. The fraction of sp³-hybridized carbons (Fsp3) is 0.320. The van der Waals surface area contributed by atoms with Crippen LogP contribution in [0.25, 0.3) is 0 Å². The van der Waals surface area contributed by atoms with E-state index in [2.05, 4.69) is 15.3 Å². The van der Waals surface area contributed by atoms with Gasteiger partial charge < -0.3 is 15.1 Å². The third-order valence-corrected chi connectivity index (χ3v) is 5.98. The number of alkyl halides is 3. The number of hydrogen-bond donors (Lipinski definition) is 1. The zero-order valence-electron chi connectivity index (χ0n) is 19.8. The van der Waals surface area contributed by atoms with E-state index in [1.807, 2.05) is 49.3 Å². The fourth-order valence-electron chi connectivity index (χ4n) is 3.15. The SMILES string of the molecule is CN(C)CCNC(=O)c1ccc(CSc2nc(N(C)Cc3ccccc3)cc(C(F)(F)F)n2)cc1. The minimum Gasteiger partial charge on any atom is -0.355 e. The average Bonchev–Trinajstić information content (AvgIpc) is 2.82. The predicted molar refractivity (Wildman–Crippen MR) is 132 cm³/mol. The second kappa shape index (κ2) is 12.0. The number of carbonyl (C=O) groups excluding carboxylic acids is 1. The number of carbonyl (C=O) groups is 1. The van der Waals surface area contributed by atoms with Crippen molar-refractivity contribution in [2.24, 2.45) is 0 Å². The van der Waals surface area contributed by atoms with Gasteiger partial charge in [0.2, 0.25) is 0 Å². The van der Waals surface area contributed by atoms with Gasteiger partial charge in [-0.2, -0.15) is 13.2 Å². The first-order valence-corrected chi connectivity index (χ1v) is 12.0. The van der Waals surface area contributed by atoms with Crippen LogP contribution in [0.1, 0.15) is 27.2 Å². The van der Waals surface area contributed by atoms with Crippen molar-refractivity contribution in [3.63, 3.8) is 0 Å². The molecule has 186 valence electrons. The Balaban J connectivity index is 1.69. The Labute approximate surface area is 207 Å². The van der Waals surface area contributed by atoms with E-state index in [9.17, 15) is 18.0 Å². The van der Waals surface area contributed by atoms with Crippen LogP contribution in [0, 0.1) is 0 Å². The first kappa shape index (κ1) is 26.5. The van der Waals surface area contributed by atoms with Crippen molar-refractivity contribution in [1.82, 2.24) is 20.2 Å². The molecule has 10 heteroatoms. The number of anilines is 1. The Morgan fingerprint density at radius 2 is 1.66 bits per heavy atom. The van der Waals surface area contributed by atoms with E-state index in [1.54, 1.807) is 36.2 Å². The Morgan fingerprint density at radius 3 is 2.29 bits per heavy atom. The lowest BCUT2D eigenvalue weighted by Gasteiger charge is -2.20. The van der Waals surface area contributed by atoms with Crippen LogP contribution in [-0.2, 0) is 18.5 Å². The minimum atomic E-state index is -4.58. The van der Waals surface area contributed by atoms with Crippen molar-refractivity contribution >= 4 is 23.5 Å². The number of halogens is 3. The Morgan fingerprint density at radius 1 is 0.971 bits per heavy atom. The van der Waals surface area contributed by atoms with E-state index in [0.29, 0.717) is 24.4 Å². The van der Waals surface area contributed by atoms with Crippen LogP contribution in [0.4, 0.5) is 19.0 Å². The van der Waals surface area contributed by atoms with Gasteiger partial charge in [-0.25, -0.2) is 9.97 Å². The molecule has 35 heavy (non-hydrogen) atoms. The van der Waals surface area contributed by atoms with Crippen LogP contribution >= 0.6 is 11.8 Å². The summed E-state index contributed by atoms with van der Waals surface area (Å²) in [5.74, 6) is 0.396. The molecular weight excluding hydrogens is 475 g/mol. The molecule has 0 radical (unpaired) electrons. The number of likely N-dealkylation sites (N-methyl/N-ethyl adjacent to an activating group) is 1. The maximum absolute atomic E-state index is 13.5. The van der Waals surface area contributed by atoms with Crippen molar-refractivity contribution in [2.45, 2.75) is 23.6 Å². The normalized spacial score (nSPS) is 11.5. The van der Waals surface area contributed by atoms with Crippen LogP contribution in [0.15, 0.2) is 65.8 Å². The molecular formula is C25H28F3N5OS. The van der Waals surface area contributed by atoms with Crippen molar-refractivity contribution in [3.8, 4) is 0 Å². The Kier molecular flexibility index (Phi) is 9.11. The molecule has 0 aliphatic carbocycles. The van der Waals surface area contributed by atoms with Crippen molar-refractivity contribution in [3.05, 3.63) is 83.0 Å². The summed E-state index contributed by atoms with van der Waals surface area (Å²) in [5.41, 5.74) is 1.36. The molecule has 0 bridgehead atoms. The van der Waals surface area contributed by atoms with Gasteiger partial charge in [-0.15, -0.1) is 0 Å². The third kappa shape index (κ3) is 8.25. The van der Waals surface area contributed by atoms with Gasteiger partial charge in [0.15, 0.2) is 10.9 Å². The molecule has 3 rings (SSSR count). The van der Waals surface area contributed by atoms with E-state index in [-0.39, 0.29) is 16.9 Å². The van der Waals surface area contributed by atoms with Gasteiger partial charge in [-0.05, 0) is 37.4 Å². The standard InChI is InChI=1S/C25H28F3N5OS/c1-32(2)14-13-29-23(34)20-11-9-19(10-12-20)17-35-24-30-21(25(26,27)28)15-22(31-24)33(3)16-18-7-5-4-6-8-18/h4-12,15H,13-14,16-17H2,1-3H3,(H,29,34). The molecule has 2 aromatic carbocycles. The van der Waals surface area contributed by atoms with Crippen LogP contribution in [-0.4, -0.2) is 55.0 Å². The summed E-state index contributed by atoms with van der Waals surface area (Å²) in [6, 6.07) is 17.4. The first-order chi connectivity index (χ1) is 16.6. The number of aromatic nitrogens is 2. The second-order valence-electron chi connectivity index (χ2n) is 8.28. The molecule has 0 fully saturated rings. The van der Waals surface area contributed by atoms with Gasteiger partial charge in [0.1, 0.15) is 5.82 Å². The largest absolute Gasteiger partial charge is 0.433 e. The summed E-state index contributed by atoms with van der Waals surface area (Å²) < 4.78 is 40.5. The first-order valence-electron chi connectivity index (χ1n) is 11.0. The average molecular weight is 504 g/mol. The summed E-state index contributed by atoms with van der Waals surface area (Å²) in [6.45, 7) is 1.69. The summed E-state index contributed by atoms with van der Waals surface area (Å²) in [7, 11) is 5.56. The maximum Gasteiger partial charge on any atom is 0.433 e. The van der Waals surface area contributed by atoms with Crippen molar-refractivity contribution in [1.29, 1.82) is 0 Å². The number of benzene rings is 2. The summed E-state index contributed by atoms with van der Waals surface area (Å²) >= 11 is 1.12. The molecule has 1 amide bonds. The number of nitrogens with zero attached hydrogens (tertiary/aromatic N) is 4. The lowest BCUT2D eigenvalue weighted by molar-refractivity contribution is -0.141. The highest BCUT2D eigenvalue weighted by atomic mass is 32.2. The quantitative estimate of drug-likeness (QED) is 0.319. The molecule has 0 saturated heterocycles. The zero-order valence-corrected chi connectivity index (χ0v) is 20.7. The summed E-state index contributed by atoms with van der Waals surface area (Å²) in [4.78, 5) is 24.0.